The number of amides is 1. The van der Waals surface area contributed by atoms with Gasteiger partial charge in [0.1, 0.15) is 0 Å². The van der Waals surface area contributed by atoms with Crippen LogP contribution in [-0.4, -0.2) is 29.7 Å². The van der Waals surface area contributed by atoms with Crippen molar-refractivity contribution < 1.29 is 4.79 Å². The monoisotopic (exact) mass is 180 g/mol. The number of rotatable bonds is 3. The Hall–Kier alpha value is -1.41. The Kier molecular flexibility index (Phi) is 3.41. The van der Waals surface area contributed by atoms with Crippen molar-refractivity contribution in [3.63, 3.8) is 0 Å². The molecule has 0 aliphatic carbocycles. The van der Waals surface area contributed by atoms with Gasteiger partial charge in [-0.25, -0.2) is 5.01 Å². The molecule has 1 amide bonds. The highest BCUT2D eigenvalue weighted by Crippen LogP contribution is 2.08. The van der Waals surface area contributed by atoms with Crippen LogP contribution in [-0.2, 0) is 4.79 Å². The van der Waals surface area contributed by atoms with Crippen molar-refractivity contribution in [3.8, 4) is 6.07 Å². The molecule has 1 aliphatic heterocycles. The number of carbonyl (C=O) groups is 1. The molecule has 0 aromatic heterocycles. The van der Waals surface area contributed by atoms with Gasteiger partial charge in [-0.2, -0.15) is 10.4 Å². The molecule has 2 N–H and O–H groups in total. The van der Waals surface area contributed by atoms with Crippen LogP contribution in [0.2, 0.25) is 0 Å². The zero-order chi connectivity index (χ0) is 9.68. The number of hydrogen-bond donors (Lipinski definition) is 1. The molecule has 0 aromatic rings. The molecule has 70 valence electrons. The van der Waals surface area contributed by atoms with Crippen LogP contribution >= 0.6 is 0 Å². The third-order valence-corrected chi connectivity index (χ3v) is 1.85. The van der Waals surface area contributed by atoms with Gasteiger partial charge in [0, 0.05) is 13.0 Å². The summed E-state index contributed by atoms with van der Waals surface area (Å²) in [5.41, 5.74) is 6.24. The number of carbonyl (C=O) groups excluding carboxylic acids is 1. The molecule has 0 saturated heterocycles. The fourth-order valence-corrected chi connectivity index (χ4v) is 1.13. The molecule has 0 spiro atoms. The molecule has 0 aromatic carbocycles. The highest BCUT2D eigenvalue weighted by molar-refractivity contribution is 5.93. The van der Waals surface area contributed by atoms with Crippen LogP contribution < -0.4 is 5.73 Å². The zero-order valence-corrected chi connectivity index (χ0v) is 7.36. The summed E-state index contributed by atoms with van der Waals surface area (Å²) >= 11 is 0. The molecule has 5 nitrogen and oxygen atoms in total. The van der Waals surface area contributed by atoms with E-state index in [1.165, 1.54) is 5.01 Å². The van der Waals surface area contributed by atoms with Gasteiger partial charge >= 0.3 is 0 Å². The normalized spacial score (nSPS) is 16.8. The van der Waals surface area contributed by atoms with E-state index in [2.05, 4.69) is 5.10 Å². The summed E-state index contributed by atoms with van der Waals surface area (Å²) in [6.45, 7) is 0.759. The molecular weight excluding hydrogens is 168 g/mol. The van der Waals surface area contributed by atoms with Crippen molar-refractivity contribution in [3.05, 3.63) is 0 Å². The minimum atomic E-state index is -0.0209. The average Bonchev–Trinajstić information content (AvgIpc) is 2.17. The number of nitrogens with zero attached hydrogens (tertiary/aromatic N) is 3. The second-order valence-electron chi connectivity index (χ2n) is 2.80. The second-order valence-corrected chi connectivity index (χ2v) is 2.80. The van der Waals surface area contributed by atoms with Crippen LogP contribution in [0.5, 0.6) is 0 Å². The lowest BCUT2D eigenvalue weighted by Gasteiger charge is -2.21. The fourth-order valence-electron chi connectivity index (χ4n) is 1.13. The molecule has 1 heterocycles. The molecule has 1 rings (SSSR count). The second kappa shape index (κ2) is 4.58. The van der Waals surface area contributed by atoms with Crippen LogP contribution in [0.1, 0.15) is 19.3 Å². The van der Waals surface area contributed by atoms with Gasteiger partial charge in [-0.3, -0.25) is 4.79 Å². The predicted molar refractivity (Wildman–Crippen MR) is 47.7 cm³/mol. The smallest absolute Gasteiger partial charge is 0.243 e. The first kappa shape index (κ1) is 9.68. The van der Waals surface area contributed by atoms with Crippen molar-refractivity contribution in [2.24, 2.45) is 10.8 Å². The van der Waals surface area contributed by atoms with E-state index >= 15 is 0 Å². The van der Waals surface area contributed by atoms with Crippen molar-refractivity contribution >= 4 is 11.6 Å². The van der Waals surface area contributed by atoms with E-state index in [9.17, 15) is 4.79 Å². The molecular formula is C8H12N4O. The Morgan fingerprint density at radius 1 is 1.62 bits per heavy atom. The lowest BCUT2D eigenvalue weighted by molar-refractivity contribution is -0.131. The van der Waals surface area contributed by atoms with Crippen LogP contribution in [0, 0.1) is 11.3 Å². The first-order valence-corrected chi connectivity index (χ1v) is 4.21. The highest BCUT2D eigenvalue weighted by atomic mass is 16.2. The Bertz CT molecular complexity index is 266. The summed E-state index contributed by atoms with van der Waals surface area (Å²) in [7, 11) is 0. The molecule has 5 heteroatoms. The van der Waals surface area contributed by atoms with Crippen molar-refractivity contribution in [1.82, 2.24) is 5.01 Å². The van der Waals surface area contributed by atoms with E-state index in [1.54, 1.807) is 0 Å². The molecule has 1 aliphatic rings. The predicted octanol–water partition coefficient (Wildman–Crippen LogP) is -0.163. The van der Waals surface area contributed by atoms with Gasteiger partial charge in [-0.1, -0.05) is 0 Å². The van der Waals surface area contributed by atoms with Crippen LogP contribution in [0.15, 0.2) is 5.10 Å². The van der Waals surface area contributed by atoms with Crippen molar-refractivity contribution in [1.29, 1.82) is 5.26 Å². The number of nitrogens with two attached hydrogens (primary N) is 1. The maximum absolute atomic E-state index is 11.2. The first-order valence-electron chi connectivity index (χ1n) is 4.21. The quantitative estimate of drug-likeness (QED) is 0.655. The molecule has 0 radical (unpaired) electrons. The van der Waals surface area contributed by atoms with Crippen molar-refractivity contribution in [2.45, 2.75) is 19.3 Å². The Labute approximate surface area is 76.8 Å². The molecule has 0 saturated carbocycles. The van der Waals surface area contributed by atoms with E-state index < -0.39 is 0 Å². The first-order chi connectivity index (χ1) is 6.27. The van der Waals surface area contributed by atoms with Crippen LogP contribution in [0.4, 0.5) is 0 Å². The number of nitriles is 1. The Morgan fingerprint density at radius 3 is 3.00 bits per heavy atom. The van der Waals surface area contributed by atoms with Crippen molar-refractivity contribution in [2.75, 3.05) is 13.1 Å². The third-order valence-electron chi connectivity index (χ3n) is 1.85. The van der Waals surface area contributed by atoms with E-state index in [4.69, 9.17) is 11.0 Å². The van der Waals surface area contributed by atoms with Gasteiger partial charge in [0.25, 0.3) is 0 Å². The fraction of sp³-hybridized carbons (Fsp3) is 0.625. The summed E-state index contributed by atoms with van der Waals surface area (Å²) < 4.78 is 0. The van der Waals surface area contributed by atoms with Crippen LogP contribution in [0.25, 0.3) is 0 Å². The number of hydrazone groups is 1. The van der Waals surface area contributed by atoms with E-state index in [0.717, 1.165) is 5.71 Å². The standard InChI is InChI=1S/C8H12N4O/c9-4-1-5-12-8(13)3-2-7(6-10)11-12/h1-3,5-6,10H2. The molecule has 0 unspecified atom stereocenters. The minimum Gasteiger partial charge on any atom is -0.325 e. The number of hydrogen-bond acceptors (Lipinski definition) is 4. The lowest BCUT2D eigenvalue weighted by Crippen LogP contribution is -2.34. The van der Waals surface area contributed by atoms with E-state index in [0.29, 0.717) is 32.4 Å². The van der Waals surface area contributed by atoms with Gasteiger partial charge < -0.3 is 5.73 Å². The van der Waals surface area contributed by atoms with E-state index in [-0.39, 0.29) is 5.91 Å². The molecule has 0 fully saturated rings. The van der Waals surface area contributed by atoms with Gasteiger partial charge in [-0.05, 0) is 6.42 Å². The highest BCUT2D eigenvalue weighted by Gasteiger charge is 2.18. The Morgan fingerprint density at radius 2 is 2.38 bits per heavy atom. The average molecular weight is 180 g/mol. The van der Waals surface area contributed by atoms with E-state index in [1.807, 2.05) is 6.07 Å². The summed E-state index contributed by atoms with van der Waals surface area (Å²) in [6, 6.07) is 1.97. The zero-order valence-electron chi connectivity index (χ0n) is 7.36. The molecule has 0 atom stereocenters. The molecule has 0 bridgehead atoms. The van der Waals surface area contributed by atoms with Gasteiger partial charge in [-0.15, -0.1) is 0 Å². The summed E-state index contributed by atoms with van der Waals surface area (Å²) in [5, 5.41) is 13.7. The maximum atomic E-state index is 11.2. The minimum absolute atomic E-state index is 0.0209. The Balaban J connectivity index is 2.59. The molecule has 13 heavy (non-hydrogen) atoms. The lowest BCUT2D eigenvalue weighted by atomic mass is 10.1. The van der Waals surface area contributed by atoms with Gasteiger partial charge in [0.15, 0.2) is 0 Å². The summed E-state index contributed by atoms with van der Waals surface area (Å²) in [4.78, 5) is 11.2. The van der Waals surface area contributed by atoms with Crippen LogP contribution in [0.3, 0.4) is 0 Å². The van der Waals surface area contributed by atoms with Gasteiger partial charge in [0.2, 0.25) is 5.91 Å². The van der Waals surface area contributed by atoms with Gasteiger partial charge in [0.05, 0.1) is 24.7 Å². The summed E-state index contributed by atoms with van der Waals surface area (Å²) in [6.07, 6.45) is 1.42. The SMILES string of the molecule is N#CCCN1N=C(CN)CCC1=O. The third kappa shape index (κ3) is 2.53. The largest absolute Gasteiger partial charge is 0.325 e. The summed E-state index contributed by atoms with van der Waals surface area (Å²) in [5.74, 6) is -0.0209. The maximum Gasteiger partial charge on any atom is 0.243 e. The topological polar surface area (TPSA) is 82.5 Å².